The van der Waals surface area contributed by atoms with E-state index in [1.54, 1.807) is 6.07 Å². The van der Waals surface area contributed by atoms with Crippen molar-refractivity contribution in [1.29, 1.82) is 5.26 Å². The number of hydrogen-bond donors (Lipinski definition) is 1. The maximum atomic E-state index is 13.4. The number of rotatable bonds is 5. The van der Waals surface area contributed by atoms with Gasteiger partial charge in [0.05, 0.1) is 21.8 Å². The molecule has 1 saturated heterocycles. The molecule has 2 aliphatic rings. The molecule has 1 saturated carbocycles. The number of carbonyl (C=O) groups is 2. The van der Waals surface area contributed by atoms with E-state index in [-0.39, 0.29) is 31.3 Å². The van der Waals surface area contributed by atoms with Crippen molar-refractivity contribution in [2.75, 3.05) is 13.1 Å². The maximum absolute atomic E-state index is 13.4. The third kappa shape index (κ3) is 5.58. The van der Waals surface area contributed by atoms with E-state index in [9.17, 15) is 31.2 Å². The van der Waals surface area contributed by atoms with Crippen LogP contribution < -0.4 is 5.32 Å². The summed E-state index contributed by atoms with van der Waals surface area (Å²) in [6.45, 7) is -0.747. The molecule has 1 aliphatic heterocycles. The number of likely N-dealkylation sites (tertiary alicyclic amines) is 1. The van der Waals surface area contributed by atoms with Crippen LogP contribution in [0.25, 0.3) is 0 Å². The largest absolute Gasteiger partial charge is 0.425 e. The number of hydrogen-bond acceptors (Lipinski definition) is 6. The van der Waals surface area contributed by atoms with Crippen LogP contribution in [0.1, 0.15) is 44.1 Å². The van der Waals surface area contributed by atoms with Crippen molar-refractivity contribution < 1.29 is 35.9 Å². The molecule has 33 heavy (non-hydrogen) atoms. The summed E-state index contributed by atoms with van der Waals surface area (Å²) < 4.78 is 72.0. The number of nitrogens with one attached hydrogen (secondary N) is 1. The third-order valence-corrected chi connectivity index (χ3v) is 8.13. The molecular weight excluding hydrogens is 463 g/mol. The molecule has 0 spiro atoms. The molecule has 1 aromatic rings. The number of nitrogens with zero attached hydrogens (tertiary/aromatic N) is 2. The zero-order chi connectivity index (χ0) is 24.2. The summed E-state index contributed by atoms with van der Waals surface area (Å²) in [5.74, 6) is -0.745. The van der Waals surface area contributed by atoms with Crippen molar-refractivity contribution in [1.82, 2.24) is 10.2 Å². The predicted octanol–water partition coefficient (Wildman–Crippen LogP) is 3.24. The van der Waals surface area contributed by atoms with Gasteiger partial charge in [0, 0.05) is 18.9 Å². The first-order chi connectivity index (χ1) is 15.6. The highest BCUT2D eigenvalue weighted by Crippen LogP contribution is 2.38. The Morgan fingerprint density at radius 2 is 1.85 bits per heavy atom. The Balaban J connectivity index is 1.90. The van der Waals surface area contributed by atoms with Crippen LogP contribution in [0, 0.1) is 17.2 Å². The number of nitriles is 1. The molecule has 1 aromatic carbocycles. The number of alkyl carbamates (subject to hydrolysis) is 1. The van der Waals surface area contributed by atoms with Crippen LogP contribution in [-0.2, 0) is 25.5 Å². The lowest BCUT2D eigenvalue weighted by Crippen LogP contribution is -2.44. The molecule has 2 amide bonds. The van der Waals surface area contributed by atoms with Gasteiger partial charge in [-0.3, -0.25) is 4.79 Å². The van der Waals surface area contributed by atoms with Gasteiger partial charge >= 0.3 is 12.3 Å². The molecular formula is C21H24F3N3O5S. The summed E-state index contributed by atoms with van der Waals surface area (Å²) >= 11 is 0. The minimum Gasteiger partial charge on any atom is -0.425 e. The summed E-state index contributed by atoms with van der Waals surface area (Å²) in [6, 6.07) is 5.57. The lowest BCUT2D eigenvalue weighted by Gasteiger charge is -2.30. The molecule has 2 atom stereocenters. The van der Waals surface area contributed by atoms with Gasteiger partial charge in [-0.25, -0.2) is 13.2 Å². The van der Waals surface area contributed by atoms with Crippen LogP contribution in [0.15, 0.2) is 29.2 Å². The van der Waals surface area contributed by atoms with Crippen LogP contribution >= 0.6 is 0 Å². The Morgan fingerprint density at radius 1 is 1.18 bits per heavy atom. The molecule has 1 N–H and O–H groups in total. The van der Waals surface area contributed by atoms with E-state index in [1.807, 2.05) is 0 Å². The number of sulfone groups is 1. The topological polar surface area (TPSA) is 117 Å². The molecule has 1 heterocycles. The fraction of sp³-hybridized carbons (Fsp3) is 0.571. The summed E-state index contributed by atoms with van der Waals surface area (Å²) in [7, 11) is -4.51. The first-order valence-electron chi connectivity index (χ1n) is 10.6. The van der Waals surface area contributed by atoms with Gasteiger partial charge in [0.1, 0.15) is 6.54 Å². The average molecular weight is 488 g/mol. The fourth-order valence-corrected chi connectivity index (χ4v) is 6.21. The van der Waals surface area contributed by atoms with Crippen LogP contribution in [-0.4, -0.2) is 49.9 Å². The second-order valence-electron chi connectivity index (χ2n) is 8.09. The minimum atomic E-state index is -4.88. The summed E-state index contributed by atoms with van der Waals surface area (Å²) in [5.41, 5.74) is -1.29. The highest BCUT2D eigenvalue weighted by Gasteiger charge is 2.47. The van der Waals surface area contributed by atoms with Crippen LogP contribution in [0.4, 0.5) is 18.0 Å². The molecule has 12 heteroatoms. The Bertz CT molecular complexity index is 1030. The van der Waals surface area contributed by atoms with E-state index < -0.39 is 44.0 Å². The van der Waals surface area contributed by atoms with E-state index in [4.69, 9.17) is 10.00 Å². The number of halogens is 3. The zero-order valence-corrected chi connectivity index (χ0v) is 18.5. The Kier molecular flexibility index (Phi) is 7.51. The summed E-state index contributed by atoms with van der Waals surface area (Å²) in [4.78, 5) is 25.4. The zero-order valence-electron chi connectivity index (χ0n) is 17.7. The SMILES string of the molecule is N#CCNC(=O)O[C@H]1C[C@@H](S(=O)(=O)c2ccccc2C(F)(F)F)CN1C(=O)C1CCCCC1. The minimum absolute atomic E-state index is 0.358. The van der Waals surface area contributed by atoms with Gasteiger partial charge < -0.3 is 15.0 Å². The molecule has 1 aliphatic carbocycles. The monoisotopic (exact) mass is 487 g/mol. The molecule has 8 nitrogen and oxygen atoms in total. The van der Waals surface area contributed by atoms with Gasteiger partial charge in [-0.15, -0.1) is 0 Å². The number of benzene rings is 1. The van der Waals surface area contributed by atoms with Crippen LogP contribution in [0.2, 0.25) is 0 Å². The quantitative estimate of drug-likeness (QED) is 0.638. The van der Waals surface area contributed by atoms with Gasteiger partial charge in [-0.05, 0) is 25.0 Å². The maximum Gasteiger partial charge on any atom is 0.417 e. The fourth-order valence-electron chi connectivity index (χ4n) is 4.32. The molecule has 0 radical (unpaired) electrons. The van der Waals surface area contributed by atoms with Crippen LogP contribution in [0.5, 0.6) is 0 Å². The van der Waals surface area contributed by atoms with Crippen molar-refractivity contribution in [3.63, 3.8) is 0 Å². The smallest absolute Gasteiger partial charge is 0.417 e. The van der Waals surface area contributed by atoms with Gasteiger partial charge in [-0.1, -0.05) is 31.4 Å². The van der Waals surface area contributed by atoms with Gasteiger partial charge in [0.2, 0.25) is 5.91 Å². The van der Waals surface area contributed by atoms with Crippen molar-refractivity contribution in [2.45, 2.75) is 61.1 Å². The van der Waals surface area contributed by atoms with E-state index in [1.165, 1.54) is 6.07 Å². The number of ether oxygens (including phenoxy) is 1. The lowest BCUT2D eigenvalue weighted by molar-refractivity contribution is -0.143. The normalized spacial score (nSPS) is 21.9. The molecule has 0 aromatic heterocycles. The van der Waals surface area contributed by atoms with Gasteiger partial charge in [-0.2, -0.15) is 18.4 Å². The second kappa shape index (κ2) is 9.99. The molecule has 180 valence electrons. The van der Waals surface area contributed by atoms with Crippen LogP contribution in [0.3, 0.4) is 0 Å². The standard InChI is InChI=1S/C21H24F3N3O5S/c22-21(23,24)16-8-4-5-9-17(16)33(30,31)15-12-18(32-20(29)26-11-10-25)27(13-15)19(28)14-6-2-1-3-7-14/h4-5,8-9,14-15,18H,1-3,6-7,11-13H2,(H,26,29)/t15-,18+/m1/s1. The van der Waals surface area contributed by atoms with E-state index in [0.717, 1.165) is 36.3 Å². The van der Waals surface area contributed by atoms with Gasteiger partial charge in [0.15, 0.2) is 16.1 Å². The van der Waals surface area contributed by atoms with E-state index in [0.29, 0.717) is 18.9 Å². The first-order valence-corrected chi connectivity index (χ1v) is 12.1. The number of carbonyl (C=O) groups excluding carboxylic acids is 2. The van der Waals surface area contributed by atoms with Crippen molar-refractivity contribution in [2.24, 2.45) is 5.92 Å². The molecule has 0 unspecified atom stereocenters. The van der Waals surface area contributed by atoms with Crippen molar-refractivity contribution in [3.8, 4) is 6.07 Å². The van der Waals surface area contributed by atoms with Crippen molar-refractivity contribution >= 4 is 21.8 Å². The Morgan fingerprint density at radius 3 is 2.48 bits per heavy atom. The second-order valence-corrected chi connectivity index (χ2v) is 10.3. The molecule has 2 fully saturated rings. The third-order valence-electron chi connectivity index (χ3n) is 5.94. The van der Waals surface area contributed by atoms with E-state index in [2.05, 4.69) is 5.32 Å². The Labute approximate surface area is 189 Å². The predicted molar refractivity (Wildman–Crippen MR) is 109 cm³/mol. The molecule has 3 rings (SSSR count). The lowest BCUT2D eigenvalue weighted by atomic mass is 9.88. The number of amides is 2. The van der Waals surface area contributed by atoms with E-state index >= 15 is 0 Å². The Hall–Kier alpha value is -2.81. The summed E-state index contributed by atoms with van der Waals surface area (Å²) in [6.07, 6.45) is -3.68. The van der Waals surface area contributed by atoms with Crippen molar-refractivity contribution in [3.05, 3.63) is 29.8 Å². The number of alkyl halides is 3. The highest BCUT2D eigenvalue weighted by molar-refractivity contribution is 7.92. The van der Waals surface area contributed by atoms with Gasteiger partial charge in [0.25, 0.3) is 0 Å². The molecule has 0 bridgehead atoms. The average Bonchev–Trinajstić information content (AvgIpc) is 3.21. The first kappa shape index (κ1) is 24.8. The summed E-state index contributed by atoms with van der Waals surface area (Å²) in [5, 5.41) is 9.36. The highest BCUT2D eigenvalue weighted by atomic mass is 32.2.